The molecule has 0 amide bonds. The van der Waals surface area contributed by atoms with Crippen LogP contribution in [-0.2, 0) is 21.1 Å². The smallest absolute Gasteiger partial charge is 0.416 e. The summed E-state index contributed by atoms with van der Waals surface area (Å²) in [4.78, 5) is 15.7. The summed E-state index contributed by atoms with van der Waals surface area (Å²) < 4.78 is 67.4. The Balaban J connectivity index is 1.65. The van der Waals surface area contributed by atoms with Crippen LogP contribution >= 0.6 is 18.3 Å². The molecule has 39 heavy (non-hydrogen) atoms. The van der Waals surface area contributed by atoms with E-state index in [9.17, 15) is 18.7 Å². The van der Waals surface area contributed by atoms with Crippen molar-refractivity contribution in [1.29, 1.82) is 0 Å². The fraction of sp³-hybridized carbons (Fsp3) is 0.333. The first-order chi connectivity index (χ1) is 18.3. The maximum atomic E-state index is 15.4. The third-order valence-corrected chi connectivity index (χ3v) is 8.27. The van der Waals surface area contributed by atoms with E-state index in [2.05, 4.69) is 4.98 Å². The highest BCUT2D eigenvalue weighted by Gasteiger charge is 2.62. The van der Waals surface area contributed by atoms with E-state index < -0.39 is 49.5 Å². The number of aliphatic hydroxyl groups is 1. The average molecular weight is 606 g/mol. The number of alkyl halides is 3. The van der Waals surface area contributed by atoms with Crippen LogP contribution in [0.1, 0.15) is 17.4 Å². The van der Waals surface area contributed by atoms with Crippen LogP contribution in [0.2, 0.25) is 5.02 Å². The third kappa shape index (κ3) is 6.24. The van der Waals surface area contributed by atoms with Crippen molar-refractivity contribution in [3.63, 3.8) is 0 Å². The van der Waals surface area contributed by atoms with Gasteiger partial charge in [0.15, 0.2) is 18.0 Å². The molecule has 2 heterocycles. The number of hydrogen-bond donors (Lipinski definition) is 2. The molecular weight excluding hydrogens is 582 g/mol. The van der Waals surface area contributed by atoms with Gasteiger partial charge in [-0.05, 0) is 38.1 Å². The van der Waals surface area contributed by atoms with E-state index in [-0.39, 0.29) is 22.3 Å². The average Bonchev–Trinajstić information content (AvgIpc) is 3.14. The molecule has 15 heteroatoms. The van der Waals surface area contributed by atoms with Crippen LogP contribution in [0, 0.1) is 13.8 Å². The summed E-state index contributed by atoms with van der Waals surface area (Å²) in [5, 5.41) is 10.3. The van der Waals surface area contributed by atoms with Crippen molar-refractivity contribution in [3.05, 3.63) is 81.4 Å². The number of aromatic nitrogens is 2. The van der Waals surface area contributed by atoms with Gasteiger partial charge in [-0.15, -0.1) is 0 Å². The summed E-state index contributed by atoms with van der Waals surface area (Å²) in [6.45, 7) is -1.44. The molecule has 2 aromatic carbocycles. The molecule has 3 N–H and O–H groups in total. The van der Waals surface area contributed by atoms with Crippen molar-refractivity contribution in [1.82, 2.24) is 9.55 Å². The lowest BCUT2D eigenvalue weighted by molar-refractivity contribution is -0.183. The first kappa shape index (κ1) is 29.3. The van der Waals surface area contributed by atoms with Crippen molar-refractivity contribution in [2.45, 2.75) is 44.4 Å². The summed E-state index contributed by atoms with van der Waals surface area (Å²) in [5.74, 6) is 0.101. The molecule has 3 aromatic rings. The largest absolute Gasteiger partial charge is 0.435 e. The monoisotopic (exact) mass is 605 g/mol. The number of halogens is 4. The zero-order chi connectivity index (χ0) is 28.5. The van der Waals surface area contributed by atoms with Gasteiger partial charge in [-0.2, -0.15) is 4.98 Å². The minimum absolute atomic E-state index is 0.221. The van der Waals surface area contributed by atoms with Crippen LogP contribution in [-0.4, -0.2) is 45.6 Å². The lowest BCUT2D eigenvalue weighted by atomic mass is 9.98. The van der Waals surface area contributed by atoms with Crippen molar-refractivity contribution in [3.8, 4) is 11.5 Å². The summed E-state index contributed by atoms with van der Waals surface area (Å²) >= 11 is 11.4. The van der Waals surface area contributed by atoms with E-state index in [0.717, 1.165) is 17.3 Å². The fourth-order valence-corrected chi connectivity index (χ4v) is 5.79. The lowest BCUT2D eigenvalue weighted by Gasteiger charge is -2.32. The van der Waals surface area contributed by atoms with Gasteiger partial charge in [0, 0.05) is 18.0 Å². The van der Waals surface area contributed by atoms with Crippen LogP contribution < -0.4 is 20.5 Å². The molecule has 0 saturated carbocycles. The first-order valence-corrected chi connectivity index (χ1v) is 14.4. The normalized spacial score (nSPS) is 23.2. The Morgan fingerprint density at radius 3 is 2.15 bits per heavy atom. The van der Waals surface area contributed by atoms with Crippen molar-refractivity contribution in [2.24, 2.45) is 0 Å². The van der Waals surface area contributed by atoms with Gasteiger partial charge in [-0.1, -0.05) is 47.0 Å². The summed E-state index contributed by atoms with van der Waals surface area (Å²) in [6, 6.07) is 13.2. The summed E-state index contributed by atoms with van der Waals surface area (Å²) in [7, 11) is 0. The Hall–Kier alpha value is -2.67. The molecule has 4 rings (SSSR count). The van der Waals surface area contributed by atoms with Crippen molar-refractivity contribution in [2.75, 3.05) is 12.3 Å². The Morgan fingerprint density at radius 1 is 1.15 bits per heavy atom. The Labute approximate surface area is 231 Å². The molecule has 4 atom stereocenters. The third-order valence-electron chi connectivity index (χ3n) is 5.90. The lowest BCUT2D eigenvalue weighted by Crippen LogP contribution is -2.50. The first-order valence-electron chi connectivity index (χ1n) is 11.4. The van der Waals surface area contributed by atoms with Crippen LogP contribution in [0.4, 0.5) is 19.0 Å². The number of rotatable bonds is 9. The number of nitrogen functional groups attached to an aromatic ring is 1. The summed E-state index contributed by atoms with van der Waals surface area (Å²) in [5.41, 5.74) is 3.15. The van der Waals surface area contributed by atoms with Gasteiger partial charge in [-0.25, -0.2) is 18.0 Å². The predicted molar refractivity (Wildman–Crippen MR) is 142 cm³/mol. The molecule has 1 aliphatic heterocycles. The van der Waals surface area contributed by atoms with Gasteiger partial charge in [-0.3, -0.25) is 9.09 Å². The highest BCUT2D eigenvalue weighted by molar-refractivity contribution is 8.07. The molecule has 1 fully saturated rings. The van der Waals surface area contributed by atoms with Crippen molar-refractivity contribution < 1.29 is 36.6 Å². The highest BCUT2D eigenvalue weighted by atomic mass is 35.5. The molecular formula is C24H24ClF3N3O6PS. The Kier molecular flexibility index (Phi) is 8.60. The highest BCUT2D eigenvalue weighted by Crippen LogP contribution is 2.53. The van der Waals surface area contributed by atoms with Gasteiger partial charge in [0.2, 0.25) is 0 Å². The minimum Gasteiger partial charge on any atom is -0.416 e. The standard InChI is InChI=1S/C24H24ClF3N3O6PS/c1-13-3-7-15(8-4-13)36-38(39,37-16-9-5-14(2)6-10-16)34-12-24(22(27)28)19(26)18(32)21(35-24)31-11-17(25)20(29)30-23(31)33/h3-11,18-19,21-22,32H,12H2,1-2H3,(H2,29,30,33)/t18-,19-,21-,24-/m1/s1. The number of anilines is 1. The molecule has 9 nitrogen and oxygen atoms in total. The second-order valence-electron chi connectivity index (χ2n) is 8.85. The minimum atomic E-state index is -3.94. The molecule has 0 spiro atoms. The number of aliphatic hydroxyl groups excluding tert-OH is 1. The molecule has 1 saturated heterocycles. The number of nitrogens with two attached hydrogens (primary N) is 1. The zero-order valence-corrected chi connectivity index (χ0v) is 23.0. The SMILES string of the molecule is Cc1ccc(OP(=S)(OC[C@@]2(C(F)F)O[C@@H](n3cc(Cl)c(N)nc3=O)[C@H](O)[C@H]2F)Oc2ccc(C)cc2)cc1. The predicted octanol–water partition coefficient (Wildman–Crippen LogP) is 4.73. The maximum Gasteiger partial charge on any atom is 0.435 e. The molecule has 0 unspecified atom stereocenters. The number of benzene rings is 2. The van der Waals surface area contributed by atoms with E-state index in [1.807, 2.05) is 13.8 Å². The quantitative estimate of drug-likeness (QED) is 0.334. The zero-order valence-electron chi connectivity index (χ0n) is 20.5. The Morgan fingerprint density at radius 2 is 1.67 bits per heavy atom. The van der Waals surface area contributed by atoms with Crippen LogP contribution in [0.25, 0.3) is 0 Å². The van der Waals surface area contributed by atoms with E-state index in [0.29, 0.717) is 4.57 Å². The number of aryl methyl sites for hydroxylation is 2. The van der Waals surface area contributed by atoms with E-state index in [1.165, 1.54) is 0 Å². The molecule has 1 aromatic heterocycles. The van der Waals surface area contributed by atoms with Gasteiger partial charge < -0.3 is 24.6 Å². The molecule has 0 bridgehead atoms. The second kappa shape index (κ2) is 11.4. The number of hydrogen-bond acceptors (Lipinski definition) is 9. The fourth-order valence-electron chi connectivity index (χ4n) is 3.71. The van der Waals surface area contributed by atoms with Crippen LogP contribution in [0.5, 0.6) is 11.5 Å². The number of nitrogens with zero attached hydrogens (tertiary/aromatic N) is 2. The van der Waals surface area contributed by atoms with Gasteiger partial charge in [0.1, 0.15) is 23.4 Å². The van der Waals surface area contributed by atoms with Crippen LogP contribution in [0.3, 0.4) is 0 Å². The van der Waals surface area contributed by atoms with Gasteiger partial charge in [0.25, 0.3) is 6.43 Å². The molecule has 210 valence electrons. The number of ether oxygens (including phenoxy) is 1. The van der Waals surface area contributed by atoms with Gasteiger partial charge >= 0.3 is 12.4 Å². The topological polar surface area (TPSA) is 118 Å². The molecule has 0 radical (unpaired) electrons. The van der Waals surface area contributed by atoms with E-state index >= 15 is 4.39 Å². The van der Waals surface area contributed by atoms with Gasteiger partial charge in [0.05, 0.1) is 11.6 Å². The molecule has 1 aliphatic rings. The van der Waals surface area contributed by atoms with E-state index in [1.54, 1.807) is 48.5 Å². The molecule has 0 aliphatic carbocycles. The maximum absolute atomic E-state index is 15.4. The summed E-state index contributed by atoms with van der Waals surface area (Å²) in [6.07, 6.45) is -9.52. The Bertz CT molecular complexity index is 1380. The second-order valence-corrected chi connectivity index (χ2v) is 12.1. The van der Waals surface area contributed by atoms with E-state index in [4.69, 9.17) is 47.4 Å². The van der Waals surface area contributed by atoms with Crippen molar-refractivity contribution >= 4 is 35.9 Å². The van der Waals surface area contributed by atoms with Crippen LogP contribution in [0.15, 0.2) is 59.5 Å².